The third kappa shape index (κ3) is 6.19. The molecule has 0 atom stereocenters. The fraction of sp³-hybridized carbons (Fsp3) is 0.269. The van der Waals surface area contributed by atoms with Crippen molar-refractivity contribution in [1.29, 1.82) is 0 Å². The predicted octanol–water partition coefficient (Wildman–Crippen LogP) is 6.07. The maximum absolute atomic E-state index is 12.9. The Morgan fingerprint density at radius 3 is 1.90 bits per heavy atom. The number of hydrogen-bond donors (Lipinski definition) is 0. The van der Waals surface area contributed by atoms with E-state index in [2.05, 4.69) is 60.0 Å². The van der Waals surface area contributed by atoms with Gasteiger partial charge in [0.15, 0.2) is 5.78 Å². The van der Waals surface area contributed by atoms with Gasteiger partial charge in [0, 0.05) is 42.5 Å². The van der Waals surface area contributed by atoms with Crippen LogP contribution in [0.3, 0.4) is 0 Å². The molecule has 0 radical (unpaired) electrons. The molecule has 0 aliphatic rings. The fourth-order valence-corrected chi connectivity index (χ4v) is 3.72. The molecule has 3 aromatic carbocycles. The average molecular weight is 421 g/mol. The summed E-state index contributed by atoms with van der Waals surface area (Å²) in [4.78, 5) is 17.4. The van der Waals surface area contributed by atoms with Gasteiger partial charge in [0.1, 0.15) is 0 Å². The van der Waals surface area contributed by atoms with Gasteiger partial charge in [-0.15, -0.1) is 0 Å². The second kappa shape index (κ2) is 11.0. The first-order valence-electron chi connectivity index (χ1n) is 10.5. The lowest BCUT2D eigenvalue weighted by molar-refractivity contribution is 0.0920. The number of anilines is 1. The minimum absolute atomic E-state index is 0.0994. The molecule has 0 heterocycles. The summed E-state index contributed by atoms with van der Waals surface area (Å²) in [7, 11) is 0. The number of carbonyl (C=O) groups is 1. The van der Waals surface area contributed by atoms with E-state index in [0.29, 0.717) is 23.7 Å². The molecule has 0 spiro atoms. The molecule has 0 saturated heterocycles. The molecule has 0 unspecified atom stereocenters. The highest BCUT2D eigenvalue weighted by atomic mass is 35.5. The lowest BCUT2D eigenvalue weighted by atomic mass is 10.1. The summed E-state index contributed by atoms with van der Waals surface area (Å²) in [6.07, 6.45) is 0. The number of Topliss-reactive ketones (excluding diaryl/α,β-unsaturated/α-hetero) is 1. The number of hydrogen-bond acceptors (Lipinski definition) is 3. The fourth-order valence-electron chi connectivity index (χ4n) is 3.60. The van der Waals surface area contributed by atoms with Gasteiger partial charge in [0.2, 0.25) is 0 Å². The second-order valence-corrected chi connectivity index (χ2v) is 7.84. The van der Waals surface area contributed by atoms with E-state index in [1.54, 1.807) is 24.3 Å². The molecule has 0 fully saturated rings. The summed E-state index contributed by atoms with van der Waals surface area (Å²) < 4.78 is 0. The van der Waals surface area contributed by atoms with Crippen LogP contribution in [0.25, 0.3) is 0 Å². The molecule has 4 heteroatoms. The number of halogens is 1. The molecule has 0 amide bonds. The molecule has 156 valence electrons. The third-order valence-electron chi connectivity index (χ3n) is 5.25. The molecule has 0 aliphatic carbocycles. The van der Waals surface area contributed by atoms with Crippen LogP contribution in [-0.2, 0) is 13.1 Å². The van der Waals surface area contributed by atoms with Crippen LogP contribution >= 0.6 is 11.6 Å². The van der Waals surface area contributed by atoms with Crippen molar-refractivity contribution >= 4 is 23.1 Å². The number of ketones is 1. The van der Waals surface area contributed by atoms with Gasteiger partial charge in [0.05, 0.1) is 6.54 Å². The van der Waals surface area contributed by atoms with E-state index in [-0.39, 0.29) is 5.78 Å². The largest absolute Gasteiger partial charge is 0.372 e. The summed E-state index contributed by atoms with van der Waals surface area (Å²) in [6, 6.07) is 26.1. The van der Waals surface area contributed by atoms with E-state index in [9.17, 15) is 4.79 Å². The molecule has 0 saturated carbocycles. The topological polar surface area (TPSA) is 23.6 Å². The van der Waals surface area contributed by atoms with Crippen molar-refractivity contribution in [2.24, 2.45) is 0 Å². The van der Waals surface area contributed by atoms with Crippen LogP contribution in [0, 0.1) is 0 Å². The zero-order valence-electron chi connectivity index (χ0n) is 17.7. The van der Waals surface area contributed by atoms with Gasteiger partial charge in [-0.05, 0) is 61.4 Å². The van der Waals surface area contributed by atoms with E-state index in [1.807, 2.05) is 18.2 Å². The first kappa shape index (κ1) is 22.1. The molecular weight excluding hydrogens is 392 g/mol. The number of rotatable bonds is 10. The first-order chi connectivity index (χ1) is 14.6. The second-order valence-electron chi connectivity index (χ2n) is 7.40. The lowest BCUT2D eigenvalue weighted by Crippen LogP contribution is -2.29. The van der Waals surface area contributed by atoms with Crippen LogP contribution in [0.5, 0.6) is 0 Å². The highest BCUT2D eigenvalue weighted by Gasteiger charge is 2.14. The Labute approximate surface area is 184 Å². The van der Waals surface area contributed by atoms with Crippen molar-refractivity contribution in [3.05, 3.63) is 101 Å². The van der Waals surface area contributed by atoms with Crippen LogP contribution in [0.1, 0.15) is 35.3 Å². The zero-order chi connectivity index (χ0) is 21.3. The van der Waals surface area contributed by atoms with E-state index < -0.39 is 0 Å². The van der Waals surface area contributed by atoms with Crippen molar-refractivity contribution in [3.8, 4) is 0 Å². The van der Waals surface area contributed by atoms with Crippen molar-refractivity contribution in [1.82, 2.24) is 4.90 Å². The zero-order valence-corrected chi connectivity index (χ0v) is 18.5. The quantitative estimate of drug-likeness (QED) is 0.372. The van der Waals surface area contributed by atoms with Gasteiger partial charge in [-0.2, -0.15) is 0 Å². The molecule has 3 rings (SSSR count). The SMILES string of the molecule is CCN(CC)c1ccc(CN(CC(=O)c2ccc(Cl)cc2)Cc2ccccc2)cc1. The van der Waals surface area contributed by atoms with Gasteiger partial charge in [-0.3, -0.25) is 9.69 Å². The summed E-state index contributed by atoms with van der Waals surface area (Å²) in [5, 5.41) is 0.640. The van der Waals surface area contributed by atoms with E-state index in [0.717, 1.165) is 19.6 Å². The molecule has 3 aromatic rings. The van der Waals surface area contributed by atoms with Crippen LogP contribution in [0.15, 0.2) is 78.9 Å². The Morgan fingerprint density at radius 2 is 1.33 bits per heavy atom. The number of benzene rings is 3. The van der Waals surface area contributed by atoms with Gasteiger partial charge in [-0.1, -0.05) is 54.1 Å². The monoisotopic (exact) mass is 420 g/mol. The van der Waals surface area contributed by atoms with Gasteiger partial charge in [0.25, 0.3) is 0 Å². The van der Waals surface area contributed by atoms with E-state index in [4.69, 9.17) is 11.6 Å². The van der Waals surface area contributed by atoms with Gasteiger partial charge in [-0.25, -0.2) is 0 Å². The van der Waals surface area contributed by atoms with Crippen molar-refractivity contribution in [2.75, 3.05) is 24.5 Å². The maximum atomic E-state index is 12.9. The maximum Gasteiger partial charge on any atom is 0.176 e. The van der Waals surface area contributed by atoms with Crippen LogP contribution < -0.4 is 4.90 Å². The Morgan fingerprint density at radius 1 is 0.767 bits per heavy atom. The van der Waals surface area contributed by atoms with Crippen LogP contribution in [0.4, 0.5) is 5.69 Å². The number of nitrogens with zero attached hydrogens (tertiary/aromatic N) is 2. The molecule has 0 aliphatic heterocycles. The summed E-state index contributed by atoms with van der Waals surface area (Å²) in [6.45, 7) is 8.11. The van der Waals surface area contributed by atoms with Crippen LogP contribution in [0.2, 0.25) is 5.02 Å². The molecule has 3 nitrogen and oxygen atoms in total. The highest BCUT2D eigenvalue weighted by Crippen LogP contribution is 2.18. The Kier molecular flexibility index (Phi) is 8.06. The van der Waals surface area contributed by atoms with Crippen molar-refractivity contribution < 1.29 is 4.79 Å². The first-order valence-corrected chi connectivity index (χ1v) is 10.9. The summed E-state index contributed by atoms with van der Waals surface area (Å²) in [5.74, 6) is 0.0994. The van der Waals surface area contributed by atoms with Crippen molar-refractivity contribution in [3.63, 3.8) is 0 Å². The molecule has 0 N–H and O–H groups in total. The van der Waals surface area contributed by atoms with Crippen molar-refractivity contribution in [2.45, 2.75) is 26.9 Å². The average Bonchev–Trinajstić information content (AvgIpc) is 2.77. The van der Waals surface area contributed by atoms with E-state index in [1.165, 1.54) is 16.8 Å². The van der Waals surface area contributed by atoms with Gasteiger partial charge >= 0.3 is 0 Å². The Hall–Kier alpha value is -2.62. The lowest BCUT2D eigenvalue weighted by Gasteiger charge is -2.24. The Bertz CT molecular complexity index is 920. The van der Waals surface area contributed by atoms with Gasteiger partial charge < -0.3 is 4.90 Å². The standard InChI is InChI=1S/C26H29ClN2O/c1-3-29(4-2)25-16-10-22(11-17-25)19-28(18-21-8-6-5-7-9-21)20-26(30)23-12-14-24(27)15-13-23/h5-17H,3-4,18-20H2,1-2H3. The summed E-state index contributed by atoms with van der Waals surface area (Å²) in [5.41, 5.74) is 4.32. The molecule has 0 bridgehead atoms. The Balaban J connectivity index is 1.75. The molecule has 0 aromatic heterocycles. The van der Waals surface area contributed by atoms with Crippen LogP contribution in [-0.4, -0.2) is 30.3 Å². The minimum atomic E-state index is 0.0994. The third-order valence-corrected chi connectivity index (χ3v) is 5.51. The molecule has 30 heavy (non-hydrogen) atoms. The smallest absolute Gasteiger partial charge is 0.176 e. The number of carbonyl (C=O) groups excluding carboxylic acids is 1. The minimum Gasteiger partial charge on any atom is -0.372 e. The highest BCUT2D eigenvalue weighted by molar-refractivity contribution is 6.30. The predicted molar refractivity (Wildman–Crippen MR) is 126 cm³/mol. The molecular formula is C26H29ClN2O. The summed E-state index contributed by atoms with van der Waals surface area (Å²) >= 11 is 5.97. The normalized spacial score (nSPS) is 10.9. The van der Waals surface area contributed by atoms with E-state index >= 15 is 0 Å².